The third-order valence-corrected chi connectivity index (χ3v) is 5.42. The number of halogens is 1. The molecule has 2 N–H and O–H groups in total. The Balaban J connectivity index is 2.10. The maximum atomic E-state index is 14.2. The van der Waals surface area contributed by atoms with Gasteiger partial charge in [0.1, 0.15) is 5.69 Å². The molecule has 3 aromatic rings. The molecule has 27 heavy (non-hydrogen) atoms. The summed E-state index contributed by atoms with van der Waals surface area (Å²) in [5, 5.41) is 14.8. The Morgan fingerprint density at radius 1 is 1.19 bits per heavy atom. The van der Waals surface area contributed by atoms with Crippen molar-refractivity contribution in [3.63, 3.8) is 0 Å². The summed E-state index contributed by atoms with van der Waals surface area (Å²) in [6.45, 7) is 0.0344. The Labute approximate surface area is 154 Å². The maximum Gasteiger partial charge on any atom is 0.404 e. The molecule has 2 aromatic heterocycles. The minimum Gasteiger partial charge on any atom is -0.465 e. The first-order chi connectivity index (χ1) is 12.9. The number of sulfone groups is 1. The number of carbonyl (C=O) groups is 1. The summed E-state index contributed by atoms with van der Waals surface area (Å²) in [6, 6.07) is 11.8. The Bertz CT molecular complexity index is 1070. The molecule has 1 aromatic carbocycles. The van der Waals surface area contributed by atoms with Gasteiger partial charge in [-0.25, -0.2) is 22.9 Å². The highest BCUT2D eigenvalue weighted by Crippen LogP contribution is 2.25. The minimum atomic E-state index is -3.99. The predicted molar refractivity (Wildman–Crippen MR) is 92.9 cm³/mol. The van der Waals surface area contributed by atoms with E-state index in [1.807, 2.05) is 0 Å². The van der Waals surface area contributed by atoms with Crippen LogP contribution in [0.4, 0.5) is 9.18 Å². The lowest BCUT2D eigenvalue weighted by molar-refractivity contribution is 0.194. The van der Waals surface area contributed by atoms with Crippen molar-refractivity contribution in [3.8, 4) is 5.69 Å². The van der Waals surface area contributed by atoms with Crippen LogP contribution in [-0.4, -0.2) is 40.9 Å². The summed E-state index contributed by atoms with van der Waals surface area (Å²) < 4.78 is 41.2. The second-order valence-electron chi connectivity index (χ2n) is 5.50. The van der Waals surface area contributed by atoms with Gasteiger partial charge in [-0.05, 0) is 30.3 Å². The molecule has 2 heterocycles. The van der Waals surface area contributed by atoms with E-state index in [-0.39, 0.29) is 28.6 Å². The fraction of sp³-hybridized carbons (Fsp3) is 0.118. The quantitative estimate of drug-likeness (QED) is 0.623. The third kappa shape index (κ3) is 3.95. The van der Waals surface area contributed by atoms with Crippen LogP contribution in [0.2, 0.25) is 0 Å². The summed E-state index contributed by atoms with van der Waals surface area (Å²) in [6.07, 6.45) is 0.175. The van der Waals surface area contributed by atoms with E-state index in [2.05, 4.69) is 15.4 Å². The van der Waals surface area contributed by atoms with Crippen LogP contribution in [0.3, 0.4) is 0 Å². The third-order valence-electron chi connectivity index (χ3n) is 3.68. The molecule has 0 atom stereocenters. The minimum absolute atomic E-state index is 0.0330. The maximum absolute atomic E-state index is 14.2. The molecular weight excluding hydrogens is 375 g/mol. The molecule has 0 radical (unpaired) electrons. The monoisotopic (exact) mass is 390 g/mol. The Morgan fingerprint density at radius 3 is 2.59 bits per heavy atom. The number of pyridine rings is 1. The Morgan fingerprint density at radius 2 is 1.93 bits per heavy atom. The van der Waals surface area contributed by atoms with Crippen molar-refractivity contribution in [3.05, 3.63) is 66.4 Å². The summed E-state index contributed by atoms with van der Waals surface area (Å²) in [4.78, 5) is 14.1. The number of nitrogens with one attached hydrogen (secondary N) is 1. The first-order valence-electron chi connectivity index (χ1n) is 7.86. The number of amides is 1. The van der Waals surface area contributed by atoms with Gasteiger partial charge < -0.3 is 10.4 Å². The van der Waals surface area contributed by atoms with Crippen LogP contribution in [0.1, 0.15) is 5.69 Å². The van der Waals surface area contributed by atoms with Crippen molar-refractivity contribution in [2.45, 2.75) is 16.3 Å². The van der Waals surface area contributed by atoms with E-state index < -0.39 is 21.9 Å². The van der Waals surface area contributed by atoms with E-state index in [0.29, 0.717) is 5.69 Å². The number of aromatic nitrogens is 3. The second kappa shape index (κ2) is 7.54. The van der Waals surface area contributed by atoms with Crippen LogP contribution >= 0.6 is 0 Å². The second-order valence-corrected chi connectivity index (χ2v) is 7.39. The van der Waals surface area contributed by atoms with Gasteiger partial charge in [-0.15, -0.1) is 0 Å². The van der Waals surface area contributed by atoms with Crippen LogP contribution in [0.5, 0.6) is 0 Å². The van der Waals surface area contributed by atoms with Gasteiger partial charge in [-0.1, -0.05) is 18.2 Å². The molecule has 0 spiro atoms. The lowest BCUT2D eigenvalue weighted by atomic mass is 10.3. The van der Waals surface area contributed by atoms with Gasteiger partial charge in [-0.3, -0.25) is 0 Å². The van der Waals surface area contributed by atoms with Crippen molar-refractivity contribution in [2.24, 2.45) is 0 Å². The fourth-order valence-corrected chi connectivity index (χ4v) is 3.86. The summed E-state index contributed by atoms with van der Waals surface area (Å²) in [7, 11) is -3.99. The van der Waals surface area contributed by atoms with Gasteiger partial charge in [0.05, 0.1) is 10.6 Å². The zero-order chi connectivity index (χ0) is 19.4. The van der Waals surface area contributed by atoms with Gasteiger partial charge in [0, 0.05) is 19.2 Å². The van der Waals surface area contributed by atoms with Gasteiger partial charge in [0.2, 0.25) is 15.8 Å². The molecule has 3 rings (SSSR count). The Kier molecular flexibility index (Phi) is 5.17. The topological polar surface area (TPSA) is 114 Å². The number of hydrogen-bond acceptors (Lipinski definition) is 5. The Hall–Kier alpha value is -3.27. The lowest BCUT2D eigenvalue weighted by Crippen LogP contribution is -2.23. The molecule has 140 valence electrons. The van der Waals surface area contributed by atoms with Crippen LogP contribution in [0.25, 0.3) is 5.69 Å². The lowest BCUT2D eigenvalue weighted by Gasteiger charge is -2.08. The smallest absolute Gasteiger partial charge is 0.404 e. The zero-order valence-corrected chi connectivity index (χ0v) is 14.7. The highest BCUT2D eigenvalue weighted by molar-refractivity contribution is 7.91. The highest BCUT2D eigenvalue weighted by atomic mass is 32.2. The van der Waals surface area contributed by atoms with E-state index in [0.717, 1.165) is 4.68 Å². The van der Waals surface area contributed by atoms with E-state index in [4.69, 9.17) is 5.11 Å². The van der Waals surface area contributed by atoms with Crippen LogP contribution in [-0.2, 0) is 16.3 Å². The fourth-order valence-electron chi connectivity index (χ4n) is 2.45. The average molecular weight is 390 g/mol. The molecule has 1 amide bonds. The number of nitrogens with zero attached hydrogens (tertiary/aromatic N) is 3. The molecule has 8 nitrogen and oxygen atoms in total. The van der Waals surface area contributed by atoms with E-state index in [1.165, 1.54) is 36.5 Å². The van der Waals surface area contributed by atoms with Crippen molar-refractivity contribution in [2.75, 3.05) is 6.54 Å². The standard InChI is InChI=1S/C17H15FN4O4S/c18-16-14(7-4-9-19-16)22-15(11-12(21-22)8-10-20-17(23)24)27(25,26)13-5-2-1-3-6-13/h1-7,9,11,20H,8,10H2,(H,23,24). The zero-order valence-electron chi connectivity index (χ0n) is 13.9. The highest BCUT2D eigenvalue weighted by Gasteiger charge is 2.26. The molecule has 0 saturated carbocycles. The number of benzene rings is 1. The summed E-state index contributed by atoms with van der Waals surface area (Å²) in [5.74, 6) is -0.875. The number of hydrogen-bond donors (Lipinski definition) is 2. The SMILES string of the molecule is O=C(O)NCCc1cc(S(=O)(=O)c2ccccc2)n(-c2cccnc2F)n1. The molecule has 0 aliphatic carbocycles. The van der Waals surface area contributed by atoms with Gasteiger partial charge >= 0.3 is 6.09 Å². The molecule has 0 bridgehead atoms. The van der Waals surface area contributed by atoms with Crippen molar-refractivity contribution in [1.29, 1.82) is 0 Å². The molecule has 0 unspecified atom stereocenters. The first kappa shape index (κ1) is 18.5. The van der Waals surface area contributed by atoms with Crippen molar-refractivity contribution < 1.29 is 22.7 Å². The average Bonchev–Trinajstić information content (AvgIpc) is 3.07. The molecule has 0 aliphatic heterocycles. The predicted octanol–water partition coefficient (Wildman–Crippen LogP) is 2.05. The van der Waals surface area contributed by atoms with E-state index in [9.17, 15) is 17.6 Å². The van der Waals surface area contributed by atoms with Gasteiger partial charge in [0.25, 0.3) is 0 Å². The van der Waals surface area contributed by atoms with Crippen LogP contribution in [0, 0.1) is 5.95 Å². The largest absolute Gasteiger partial charge is 0.465 e. The normalized spacial score (nSPS) is 11.3. The van der Waals surface area contributed by atoms with Crippen LogP contribution < -0.4 is 5.32 Å². The number of carboxylic acid groups (broad SMARTS) is 1. The summed E-state index contributed by atoms with van der Waals surface area (Å²) >= 11 is 0. The number of rotatable bonds is 6. The van der Waals surface area contributed by atoms with Gasteiger partial charge in [0.15, 0.2) is 5.03 Å². The van der Waals surface area contributed by atoms with E-state index in [1.54, 1.807) is 18.2 Å². The van der Waals surface area contributed by atoms with Crippen molar-refractivity contribution in [1.82, 2.24) is 20.1 Å². The molecule has 10 heteroatoms. The van der Waals surface area contributed by atoms with Crippen LogP contribution in [0.15, 0.2) is 64.6 Å². The molecule has 0 aliphatic rings. The molecule has 0 saturated heterocycles. The van der Waals surface area contributed by atoms with Gasteiger partial charge in [-0.2, -0.15) is 9.49 Å². The van der Waals surface area contributed by atoms with Crippen molar-refractivity contribution >= 4 is 15.9 Å². The first-order valence-corrected chi connectivity index (χ1v) is 9.34. The van der Waals surface area contributed by atoms with E-state index >= 15 is 0 Å². The molecule has 0 fully saturated rings. The summed E-state index contributed by atoms with van der Waals surface area (Å²) in [5.41, 5.74) is 0.172. The molecular formula is C17H15FN4O4S.